The molecule has 4 rings (SSSR count). The van der Waals surface area contributed by atoms with Gasteiger partial charge in [-0.25, -0.2) is 24.1 Å². The molecule has 0 radical (unpaired) electrons. The van der Waals surface area contributed by atoms with E-state index in [0.717, 1.165) is 6.92 Å². The zero-order valence-corrected chi connectivity index (χ0v) is 15.7. The number of hydrogen-bond acceptors (Lipinski definition) is 8. The van der Waals surface area contributed by atoms with Crippen LogP contribution in [0.5, 0.6) is 0 Å². The largest absolute Gasteiger partial charge is 0.454 e. The third-order valence-corrected chi connectivity index (χ3v) is 4.53. The molecule has 1 saturated heterocycles. The van der Waals surface area contributed by atoms with Crippen molar-refractivity contribution in [2.75, 3.05) is 0 Å². The Morgan fingerprint density at radius 2 is 1.93 bits per heavy atom. The quantitative estimate of drug-likeness (QED) is 0.468. The Morgan fingerprint density at radius 1 is 1.17 bits per heavy atom. The molecule has 1 aliphatic rings. The number of hydrogen-bond donors (Lipinski definition) is 0. The summed E-state index contributed by atoms with van der Waals surface area (Å²) in [4.78, 5) is 35.8. The standard InChI is InChI=1S/C18H14ClFN4O5/c1-9(25)27-13-11(20)18(29-17(26)10-5-3-2-4-6-10)28-16(13)24-8-23-12-14(19)21-7-22-15(12)24/h2-8,11,13,16,18H,1H3/t11-,13+,16+,18+/m0/s1. The van der Waals surface area contributed by atoms with E-state index in [0.29, 0.717) is 0 Å². The minimum Gasteiger partial charge on any atom is -0.454 e. The highest BCUT2D eigenvalue weighted by Crippen LogP contribution is 2.36. The van der Waals surface area contributed by atoms with Crippen molar-refractivity contribution in [2.45, 2.75) is 31.7 Å². The Balaban J connectivity index is 1.64. The van der Waals surface area contributed by atoms with Crippen LogP contribution in [-0.2, 0) is 19.0 Å². The van der Waals surface area contributed by atoms with Gasteiger partial charge < -0.3 is 14.2 Å². The van der Waals surface area contributed by atoms with E-state index in [2.05, 4.69) is 15.0 Å². The molecule has 150 valence electrons. The molecule has 4 atom stereocenters. The Morgan fingerprint density at radius 3 is 2.66 bits per heavy atom. The summed E-state index contributed by atoms with van der Waals surface area (Å²) in [5, 5.41) is 0.0969. The van der Waals surface area contributed by atoms with Crippen LogP contribution in [-0.4, -0.2) is 50.0 Å². The van der Waals surface area contributed by atoms with Gasteiger partial charge in [0.25, 0.3) is 0 Å². The summed E-state index contributed by atoms with van der Waals surface area (Å²) in [6.45, 7) is 1.14. The molecular formula is C18H14ClFN4O5. The van der Waals surface area contributed by atoms with Gasteiger partial charge in [-0.2, -0.15) is 0 Å². The molecule has 0 N–H and O–H groups in total. The number of fused-ring (bicyclic) bond motifs is 1. The lowest BCUT2D eigenvalue weighted by molar-refractivity contribution is -0.156. The van der Waals surface area contributed by atoms with Gasteiger partial charge in [-0.05, 0) is 12.1 Å². The molecule has 0 aliphatic carbocycles. The first-order valence-electron chi connectivity index (χ1n) is 8.51. The number of esters is 2. The van der Waals surface area contributed by atoms with Crippen LogP contribution in [0.3, 0.4) is 0 Å². The summed E-state index contributed by atoms with van der Waals surface area (Å²) in [6, 6.07) is 8.06. The number of halogens is 2. The second-order valence-electron chi connectivity index (χ2n) is 6.17. The fourth-order valence-corrected chi connectivity index (χ4v) is 3.17. The molecule has 29 heavy (non-hydrogen) atoms. The lowest BCUT2D eigenvalue weighted by atomic mass is 10.2. The van der Waals surface area contributed by atoms with Crippen molar-refractivity contribution in [3.63, 3.8) is 0 Å². The van der Waals surface area contributed by atoms with Crippen LogP contribution in [0.4, 0.5) is 4.39 Å². The molecule has 3 aromatic rings. The van der Waals surface area contributed by atoms with Gasteiger partial charge in [-0.1, -0.05) is 29.8 Å². The maximum absolute atomic E-state index is 15.0. The van der Waals surface area contributed by atoms with E-state index in [1.807, 2.05) is 0 Å². The van der Waals surface area contributed by atoms with E-state index in [1.165, 1.54) is 29.4 Å². The first-order valence-corrected chi connectivity index (χ1v) is 8.89. The molecule has 0 unspecified atom stereocenters. The summed E-state index contributed by atoms with van der Waals surface area (Å²) in [5.74, 6) is -1.50. The van der Waals surface area contributed by atoms with E-state index in [9.17, 15) is 9.59 Å². The Bertz CT molecular complexity index is 1060. The SMILES string of the molecule is CC(=O)O[C@@H]1[C@H](F)[C@@H](OC(=O)c2ccccc2)O[C@H]1n1cnc2c(Cl)ncnc21. The van der Waals surface area contributed by atoms with E-state index < -0.39 is 36.7 Å². The van der Waals surface area contributed by atoms with Crippen LogP contribution in [0, 0.1) is 0 Å². The molecule has 9 nitrogen and oxygen atoms in total. The lowest BCUT2D eigenvalue weighted by Gasteiger charge is -2.19. The van der Waals surface area contributed by atoms with Gasteiger partial charge in [0.15, 0.2) is 23.1 Å². The first kappa shape index (κ1) is 19.2. The van der Waals surface area contributed by atoms with E-state index >= 15 is 4.39 Å². The molecule has 1 aliphatic heterocycles. The zero-order chi connectivity index (χ0) is 20.5. The first-order chi connectivity index (χ1) is 14.0. The average Bonchev–Trinajstić information content (AvgIpc) is 3.26. The van der Waals surface area contributed by atoms with E-state index in [1.54, 1.807) is 18.2 Å². The van der Waals surface area contributed by atoms with Crippen molar-refractivity contribution >= 4 is 34.7 Å². The molecule has 3 heterocycles. The summed E-state index contributed by atoms with van der Waals surface area (Å²) >= 11 is 6.00. The molecule has 2 aromatic heterocycles. The monoisotopic (exact) mass is 420 g/mol. The van der Waals surface area contributed by atoms with Gasteiger partial charge in [0.1, 0.15) is 11.8 Å². The summed E-state index contributed by atoms with van der Waals surface area (Å²) < 4.78 is 32.2. The lowest BCUT2D eigenvalue weighted by Crippen LogP contribution is -2.34. The van der Waals surface area contributed by atoms with Crippen molar-refractivity contribution in [3.8, 4) is 0 Å². The van der Waals surface area contributed by atoms with Crippen LogP contribution >= 0.6 is 11.6 Å². The minimum absolute atomic E-state index is 0.0969. The maximum Gasteiger partial charge on any atom is 0.340 e. The second kappa shape index (κ2) is 7.72. The minimum atomic E-state index is -1.94. The molecule has 1 fully saturated rings. The van der Waals surface area contributed by atoms with Crippen molar-refractivity contribution < 1.29 is 28.2 Å². The maximum atomic E-state index is 15.0. The Hall–Kier alpha value is -3.11. The van der Waals surface area contributed by atoms with E-state index in [-0.39, 0.29) is 21.9 Å². The van der Waals surface area contributed by atoms with Crippen LogP contribution < -0.4 is 0 Å². The van der Waals surface area contributed by atoms with Gasteiger partial charge in [0.05, 0.1) is 11.9 Å². The molecule has 0 spiro atoms. The van der Waals surface area contributed by atoms with Crippen molar-refractivity contribution in [1.82, 2.24) is 19.5 Å². The fraction of sp³-hybridized carbons (Fsp3) is 0.278. The van der Waals surface area contributed by atoms with Crippen LogP contribution in [0.15, 0.2) is 43.0 Å². The molecule has 0 saturated carbocycles. The number of aromatic nitrogens is 4. The van der Waals surface area contributed by atoms with Crippen molar-refractivity contribution in [3.05, 3.63) is 53.7 Å². The summed E-state index contributed by atoms with van der Waals surface area (Å²) in [6.07, 6.45) is -3.61. The Labute approximate surface area is 168 Å². The highest BCUT2D eigenvalue weighted by molar-refractivity contribution is 6.33. The molecule has 0 amide bonds. The molecule has 1 aromatic carbocycles. The van der Waals surface area contributed by atoms with E-state index in [4.69, 9.17) is 25.8 Å². The number of carbonyl (C=O) groups excluding carboxylic acids is 2. The normalized spacial score (nSPS) is 23.8. The fourth-order valence-electron chi connectivity index (χ4n) is 2.99. The Kier molecular flexibility index (Phi) is 5.12. The van der Waals surface area contributed by atoms with Crippen molar-refractivity contribution in [1.29, 1.82) is 0 Å². The van der Waals surface area contributed by atoms with Gasteiger partial charge in [0.2, 0.25) is 12.5 Å². The number of ether oxygens (including phenoxy) is 3. The number of carbonyl (C=O) groups is 2. The molecule has 11 heteroatoms. The average molecular weight is 421 g/mol. The molecule has 0 bridgehead atoms. The molecular weight excluding hydrogens is 407 g/mol. The predicted octanol–water partition coefficient (Wildman–Crippen LogP) is 2.46. The van der Waals surface area contributed by atoms with Crippen LogP contribution in [0.1, 0.15) is 23.5 Å². The zero-order valence-electron chi connectivity index (χ0n) is 14.9. The predicted molar refractivity (Wildman–Crippen MR) is 96.6 cm³/mol. The number of benzene rings is 1. The van der Waals surface area contributed by atoms with Crippen molar-refractivity contribution in [2.24, 2.45) is 0 Å². The topological polar surface area (TPSA) is 105 Å². The number of rotatable bonds is 4. The summed E-state index contributed by atoms with van der Waals surface area (Å²) in [5.41, 5.74) is 0.734. The van der Waals surface area contributed by atoms with Gasteiger partial charge in [0, 0.05) is 6.92 Å². The third-order valence-electron chi connectivity index (χ3n) is 4.25. The smallest absolute Gasteiger partial charge is 0.340 e. The van der Waals surface area contributed by atoms with Gasteiger partial charge in [-0.3, -0.25) is 9.36 Å². The second-order valence-corrected chi connectivity index (χ2v) is 6.53. The number of alkyl halides is 1. The van der Waals surface area contributed by atoms with Crippen LogP contribution in [0.2, 0.25) is 5.15 Å². The third kappa shape index (κ3) is 3.64. The highest BCUT2D eigenvalue weighted by atomic mass is 35.5. The van der Waals surface area contributed by atoms with Gasteiger partial charge >= 0.3 is 11.9 Å². The summed E-state index contributed by atoms with van der Waals surface area (Å²) in [7, 11) is 0. The van der Waals surface area contributed by atoms with Gasteiger partial charge in [-0.15, -0.1) is 0 Å². The van der Waals surface area contributed by atoms with Crippen LogP contribution in [0.25, 0.3) is 11.2 Å². The number of imidazole rings is 1. The highest BCUT2D eigenvalue weighted by Gasteiger charge is 2.51. The number of nitrogens with zero attached hydrogens (tertiary/aromatic N) is 4.